The number of piperidine rings is 1. The number of halogens is 1. The van der Waals surface area contributed by atoms with Gasteiger partial charge in [-0.05, 0) is 38.6 Å². The summed E-state index contributed by atoms with van der Waals surface area (Å²) in [5.41, 5.74) is 7.37. The molecule has 1 aromatic carbocycles. The van der Waals surface area contributed by atoms with Crippen LogP contribution in [0.4, 0.5) is 11.4 Å². The molecule has 0 saturated carbocycles. The number of likely N-dealkylation sites (tertiary alicyclic amines) is 1. The summed E-state index contributed by atoms with van der Waals surface area (Å²) in [5, 5.41) is 0.478. The standard InChI is InChI=1S/C15H22ClN3O2/c1-18-6-4-5-11(9-18)19(2)14-12(15(20)21-3)7-10(17)8-13(14)16/h7-8,11H,4-6,9,17H2,1-3H3. The molecule has 0 bridgehead atoms. The SMILES string of the molecule is COC(=O)c1cc(N)cc(Cl)c1N(C)C1CCCN(C)C1. The number of hydrogen-bond donors (Lipinski definition) is 1. The molecule has 1 atom stereocenters. The van der Waals surface area contributed by atoms with Gasteiger partial charge in [-0.25, -0.2) is 4.79 Å². The highest BCUT2D eigenvalue weighted by molar-refractivity contribution is 6.34. The third-order valence-corrected chi connectivity index (χ3v) is 4.28. The first-order chi connectivity index (χ1) is 9.93. The van der Waals surface area contributed by atoms with E-state index in [0.29, 0.717) is 28.0 Å². The minimum atomic E-state index is -0.421. The Bertz CT molecular complexity index is 536. The Morgan fingerprint density at radius 3 is 2.86 bits per heavy atom. The maximum absolute atomic E-state index is 12.0. The number of likely N-dealkylation sites (N-methyl/N-ethyl adjacent to an activating group) is 2. The van der Waals surface area contributed by atoms with Gasteiger partial charge < -0.3 is 20.3 Å². The topological polar surface area (TPSA) is 58.8 Å². The number of hydrogen-bond acceptors (Lipinski definition) is 5. The van der Waals surface area contributed by atoms with Crippen molar-refractivity contribution in [2.75, 3.05) is 44.9 Å². The van der Waals surface area contributed by atoms with Gasteiger partial charge in [-0.15, -0.1) is 0 Å². The maximum Gasteiger partial charge on any atom is 0.340 e. The fraction of sp³-hybridized carbons (Fsp3) is 0.533. The first kappa shape index (κ1) is 15.9. The van der Waals surface area contributed by atoms with Gasteiger partial charge in [-0.3, -0.25) is 0 Å². The molecule has 5 nitrogen and oxygen atoms in total. The second-order valence-corrected chi connectivity index (χ2v) is 5.97. The van der Waals surface area contributed by atoms with Crippen molar-refractivity contribution < 1.29 is 9.53 Å². The van der Waals surface area contributed by atoms with Crippen LogP contribution in [0, 0.1) is 0 Å². The van der Waals surface area contributed by atoms with E-state index in [0.717, 1.165) is 25.9 Å². The van der Waals surface area contributed by atoms with Crippen LogP contribution in [-0.4, -0.2) is 51.2 Å². The van der Waals surface area contributed by atoms with Crippen LogP contribution in [0.25, 0.3) is 0 Å². The Kier molecular flexibility index (Phi) is 4.96. The molecular formula is C15H22ClN3O2. The summed E-state index contributed by atoms with van der Waals surface area (Å²) in [6.07, 6.45) is 2.20. The molecule has 1 aliphatic heterocycles. The summed E-state index contributed by atoms with van der Waals surface area (Å²) >= 11 is 6.34. The number of benzene rings is 1. The van der Waals surface area contributed by atoms with Crippen molar-refractivity contribution in [2.24, 2.45) is 0 Å². The molecule has 1 heterocycles. The van der Waals surface area contributed by atoms with Gasteiger partial charge in [0.05, 0.1) is 23.4 Å². The van der Waals surface area contributed by atoms with E-state index in [9.17, 15) is 4.79 Å². The summed E-state index contributed by atoms with van der Waals surface area (Å²) in [6.45, 7) is 2.04. The summed E-state index contributed by atoms with van der Waals surface area (Å²) in [6, 6.07) is 3.61. The average Bonchev–Trinajstić information content (AvgIpc) is 2.45. The second-order valence-electron chi connectivity index (χ2n) is 5.56. The summed E-state index contributed by atoms with van der Waals surface area (Å²) in [4.78, 5) is 16.4. The highest BCUT2D eigenvalue weighted by atomic mass is 35.5. The van der Waals surface area contributed by atoms with E-state index in [1.165, 1.54) is 7.11 Å². The van der Waals surface area contributed by atoms with E-state index in [1.54, 1.807) is 12.1 Å². The summed E-state index contributed by atoms with van der Waals surface area (Å²) in [5.74, 6) is -0.421. The van der Waals surface area contributed by atoms with Crippen LogP contribution in [0.5, 0.6) is 0 Å². The molecule has 21 heavy (non-hydrogen) atoms. The molecule has 1 aromatic rings. The number of carbonyl (C=O) groups excluding carboxylic acids is 1. The quantitative estimate of drug-likeness (QED) is 0.685. The van der Waals surface area contributed by atoms with Crippen LogP contribution >= 0.6 is 11.6 Å². The number of rotatable bonds is 3. The lowest BCUT2D eigenvalue weighted by Gasteiger charge is -2.38. The Morgan fingerprint density at radius 1 is 1.52 bits per heavy atom. The van der Waals surface area contributed by atoms with Crippen molar-refractivity contribution in [1.29, 1.82) is 0 Å². The third-order valence-electron chi connectivity index (χ3n) is 3.99. The van der Waals surface area contributed by atoms with E-state index in [2.05, 4.69) is 16.8 Å². The van der Waals surface area contributed by atoms with Crippen LogP contribution in [0.15, 0.2) is 12.1 Å². The monoisotopic (exact) mass is 311 g/mol. The predicted molar refractivity (Wildman–Crippen MR) is 86.1 cm³/mol. The molecule has 1 saturated heterocycles. The number of carbonyl (C=O) groups is 1. The van der Waals surface area contributed by atoms with Crippen LogP contribution in [0.1, 0.15) is 23.2 Å². The van der Waals surface area contributed by atoms with Gasteiger partial charge in [0.15, 0.2) is 0 Å². The van der Waals surface area contributed by atoms with Crippen molar-refractivity contribution in [3.05, 3.63) is 22.7 Å². The molecule has 1 unspecified atom stereocenters. The predicted octanol–water partition coefficient (Wildman–Crippen LogP) is 2.24. The van der Waals surface area contributed by atoms with Gasteiger partial charge in [0.1, 0.15) is 0 Å². The van der Waals surface area contributed by atoms with E-state index in [1.807, 2.05) is 7.05 Å². The van der Waals surface area contributed by atoms with Crippen molar-refractivity contribution >= 4 is 28.9 Å². The van der Waals surface area contributed by atoms with Crippen LogP contribution in [0.3, 0.4) is 0 Å². The van der Waals surface area contributed by atoms with Gasteiger partial charge >= 0.3 is 5.97 Å². The smallest absolute Gasteiger partial charge is 0.340 e. The van der Waals surface area contributed by atoms with Gasteiger partial charge in [0.25, 0.3) is 0 Å². The fourth-order valence-electron chi connectivity index (χ4n) is 2.88. The number of ether oxygens (including phenoxy) is 1. The Hall–Kier alpha value is -1.46. The van der Waals surface area contributed by atoms with E-state index in [-0.39, 0.29) is 0 Å². The van der Waals surface area contributed by atoms with Crippen LogP contribution in [0.2, 0.25) is 5.02 Å². The molecule has 2 N–H and O–H groups in total. The average molecular weight is 312 g/mol. The number of nitrogens with two attached hydrogens (primary N) is 1. The molecule has 0 amide bonds. The van der Waals surface area contributed by atoms with E-state index >= 15 is 0 Å². The van der Waals surface area contributed by atoms with Crippen molar-refractivity contribution in [1.82, 2.24) is 4.90 Å². The number of methoxy groups -OCH3 is 1. The molecule has 6 heteroatoms. The normalized spacial score (nSPS) is 19.3. The van der Waals surface area contributed by atoms with Crippen molar-refractivity contribution in [3.63, 3.8) is 0 Å². The minimum absolute atomic E-state index is 0.313. The second kappa shape index (κ2) is 6.54. The van der Waals surface area contributed by atoms with Crippen LogP contribution < -0.4 is 10.6 Å². The van der Waals surface area contributed by atoms with Gasteiger partial charge in [-0.2, -0.15) is 0 Å². The lowest BCUT2D eigenvalue weighted by Crippen LogP contribution is -2.45. The zero-order chi connectivity index (χ0) is 15.6. The number of esters is 1. The lowest BCUT2D eigenvalue weighted by atomic mass is 10.0. The zero-order valence-electron chi connectivity index (χ0n) is 12.7. The minimum Gasteiger partial charge on any atom is -0.465 e. The highest BCUT2D eigenvalue weighted by Crippen LogP contribution is 2.34. The van der Waals surface area contributed by atoms with Gasteiger partial charge in [-0.1, -0.05) is 11.6 Å². The first-order valence-electron chi connectivity index (χ1n) is 7.02. The molecule has 1 aliphatic rings. The Labute approximate surface area is 130 Å². The van der Waals surface area contributed by atoms with Crippen LogP contribution in [-0.2, 0) is 4.74 Å². The molecule has 0 radical (unpaired) electrons. The Morgan fingerprint density at radius 2 is 2.24 bits per heavy atom. The van der Waals surface area contributed by atoms with E-state index in [4.69, 9.17) is 22.1 Å². The van der Waals surface area contributed by atoms with Gasteiger partial charge in [0, 0.05) is 25.3 Å². The molecule has 0 aromatic heterocycles. The highest BCUT2D eigenvalue weighted by Gasteiger charge is 2.26. The molecule has 116 valence electrons. The lowest BCUT2D eigenvalue weighted by molar-refractivity contribution is 0.0601. The van der Waals surface area contributed by atoms with Crippen molar-refractivity contribution in [2.45, 2.75) is 18.9 Å². The fourth-order valence-corrected chi connectivity index (χ4v) is 3.24. The number of nitrogens with zero attached hydrogens (tertiary/aromatic N) is 2. The third kappa shape index (κ3) is 3.41. The molecular weight excluding hydrogens is 290 g/mol. The molecule has 0 spiro atoms. The summed E-state index contributed by atoms with van der Waals surface area (Å²) in [7, 11) is 5.43. The number of nitrogen functional groups attached to an aromatic ring is 1. The maximum atomic E-state index is 12.0. The largest absolute Gasteiger partial charge is 0.465 e. The molecule has 0 aliphatic carbocycles. The molecule has 2 rings (SSSR count). The molecule has 1 fully saturated rings. The zero-order valence-corrected chi connectivity index (χ0v) is 13.5. The first-order valence-corrected chi connectivity index (χ1v) is 7.40. The number of anilines is 2. The van der Waals surface area contributed by atoms with Crippen molar-refractivity contribution in [3.8, 4) is 0 Å². The Balaban J connectivity index is 2.39. The van der Waals surface area contributed by atoms with Gasteiger partial charge in [0.2, 0.25) is 0 Å². The summed E-state index contributed by atoms with van der Waals surface area (Å²) < 4.78 is 4.86. The van der Waals surface area contributed by atoms with E-state index < -0.39 is 5.97 Å².